The van der Waals surface area contributed by atoms with Gasteiger partial charge < -0.3 is 23.8 Å². The van der Waals surface area contributed by atoms with Gasteiger partial charge in [0.15, 0.2) is 0 Å². The Bertz CT molecular complexity index is 918. The Morgan fingerprint density at radius 1 is 1.10 bits per heavy atom. The highest BCUT2D eigenvalue weighted by atomic mass is 16.6. The third-order valence-electron chi connectivity index (χ3n) is 5.70. The number of aryl methyl sites for hydroxylation is 1. The predicted octanol–water partition coefficient (Wildman–Crippen LogP) is 3.37. The Hall–Kier alpha value is -2.54. The van der Waals surface area contributed by atoms with Crippen molar-refractivity contribution in [2.45, 2.75) is 39.3 Å². The molecule has 0 radical (unpaired) electrons. The van der Waals surface area contributed by atoms with Crippen molar-refractivity contribution in [3.05, 3.63) is 36.0 Å². The number of fused-ring (bicyclic) bond motifs is 1. The molecule has 2 aromatic rings. The van der Waals surface area contributed by atoms with Crippen molar-refractivity contribution in [1.82, 2.24) is 14.4 Å². The molecule has 162 valence electrons. The molecule has 0 atom stereocenters. The number of morpholine rings is 1. The third kappa shape index (κ3) is 4.46. The normalized spacial score (nSPS) is 17.8. The Morgan fingerprint density at radius 2 is 1.80 bits per heavy atom. The summed E-state index contributed by atoms with van der Waals surface area (Å²) in [6, 6.07) is 8.08. The van der Waals surface area contributed by atoms with Crippen molar-refractivity contribution >= 4 is 22.9 Å². The minimum atomic E-state index is -0.463. The molecule has 2 fully saturated rings. The van der Waals surface area contributed by atoms with Crippen LogP contribution < -0.4 is 0 Å². The van der Waals surface area contributed by atoms with Gasteiger partial charge in [-0.15, -0.1) is 0 Å². The topological polar surface area (TPSA) is 64.0 Å². The van der Waals surface area contributed by atoms with Crippen LogP contribution in [0.1, 0.15) is 37.6 Å². The van der Waals surface area contributed by atoms with Crippen molar-refractivity contribution in [2.24, 2.45) is 5.92 Å². The number of para-hydroxylation sites is 1. The Kier molecular flexibility index (Phi) is 5.73. The fourth-order valence-corrected chi connectivity index (χ4v) is 4.09. The van der Waals surface area contributed by atoms with E-state index in [4.69, 9.17) is 9.47 Å². The number of carbonyl (C=O) groups is 2. The largest absolute Gasteiger partial charge is 0.444 e. The van der Waals surface area contributed by atoms with E-state index in [0.29, 0.717) is 32.2 Å². The van der Waals surface area contributed by atoms with E-state index >= 15 is 0 Å². The predicted molar refractivity (Wildman–Crippen MR) is 115 cm³/mol. The number of likely N-dealkylation sites (tertiary alicyclic amines) is 1. The second-order valence-electron chi connectivity index (χ2n) is 9.20. The van der Waals surface area contributed by atoms with Crippen LogP contribution in [-0.2, 0) is 16.0 Å². The van der Waals surface area contributed by atoms with Crippen molar-refractivity contribution < 1.29 is 19.1 Å². The molecule has 3 heterocycles. The summed E-state index contributed by atoms with van der Waals surface area (Å²) in [6.45, 7) is 10.4. The fraction of sp³-hybridized carbons (Fsp3) is 0.565. The van der Waals surface area contributed by atoms with E-state index in [-0.39, 0.29) is 12.0 Å². The zero-order valence-electron chi connectivity index (χ0n) is 18.1. The van der Waals surface area contributed by atoms with Gasteiger partial charge in [-0.25, -0.2) is 4.79 Å². The van der Waals surface area contributed by atoms with Crippen LogP contribution >= 0.6 is 0 Å². The van der Waals surface area contributed by atoms with E-state index in [0.717, 1.165) is 42.5 Å². The number of amides is 2. The Morgan fingerprint density at radius 3 is 2.50 bits per heavy atom. The first-order valence-electron chi connectivity index (χ1n) is 10.7. The zero-order chi connectivity index (χ0) is 21.3. The molecule has 2 aliphatic rings. The van der Waals surface area contributed by atoms with Crippen LogP contribution in [0.5, 0.6) is 0 Å². The van der Waals surface area contributed by atoms with Crippen molar-refractivity contribution in [3.8, 4) is 0 Å². The molecular formula is C23H31N3O4. The lowest BCUT2D eigenvalue weighted by atomic mass is 9.97. The summed E-state index contributed by atoms with van der Waals surface area (Å²) in [6.07, 6.45) is 2.72. The van der Waals surface area contributed by atoms with Crippen LogP contribution in [0, 0.1) is 5.92 Å². The second-order valence-corrected chi connectivity index (χ2v) is 9.20. The molecule has 0 unspecified atom stereocenters. The Labute approximate surface area is 177 Å². The van der Waals surface area contributed by atoms with E-state index < -0.39 is 5.60 Å². The maximum Gasteiger partial charge on any atom is 0.410 e. The van der Waals surface area contributed by atoms with Gasteiger partial charge in [0, 0.05) is 49.8 Å². The van der Waals surface area contributed by atoms with Gasteiger partial charge in [0.1, 0.15) is 5.60 Å². The van der Waals surface area contributed by atoms with E-state index in [9.17, 15) is 9.59 Å². The first-order chi connectivity index (χ1) is 14.3. The SMILES string of the molecule is CC(C)(C)OC(=O)N1CC(CCn2cc(C(=O)N3CCOCC3)c3ccccc32)C1. The average molecular weight is 414 g/mol. The standard InChI is InChI=1S/C23H31N3O4/c1-23(2,3)30-22(28)26-14-17(15-26)8-9-25-16-19(18-6-4-5-7-20(18)25)21(27)24-10-12-29-13-11-24/h4-7,16-17H,8-15H2,1-3H3. The summed E-state index contributed by atoms with van der Waals surface area (Å²) in [5, 5.41) is 0.998. The summed E-state index contributed by atoms with van der Waals surface area (Å²) >= 11 is 0. The summed E-state index contributed by atoms with van der Waals surface area (Å²) in [5.74, 6) is 0.532. The zero-order valence-corrected chi connectivity index (χ0v) is 18.1. The van der Waals surface area contributed by atoms with Gasteiger partial charge in [0.05, 0.1) is 18.8 Å². The minimum absolute atomic E-state index is 0.0768. The Balaban J connectivity index is 1.39. The number of hydrogen-bond acceptors (Lipinski definition) is 4. The molecule has 0 aliphatic carbocycles. The van der Waals surface area contributed by atoms with Gasteiger partial charge in [-0.1, -0.05) is 18.2 Å². The molecule has 2 saturated heterocycles. The van der Waals surface area contributed by atoms with Crippen molar-refractivity contribution in [3.63, 3.8) is 0 Å². The van der Waals surface area contributed by atoms with Gasteiger partial charge in [-0.2, -0.15) is 0 Å². The van der Waals surface area contributed by atoms with E-state index in [2.05, 4.69) is 10.6 Å². The fourth-order valence-electron chi connectivity index (χ4n) is 4.09. The van der Waals surface area contributed by atoms with Crippen LogP contribution in [0.25, 0.3) is 10.9 Å². The van der Waals surface area contributed by atoms with Crippen LogP contribution in [0.3, 0.4) is 0 Å². The quantitative estimate of drug-likeness (QED) is 0.771. The van der Waals surface area contributed by atoms with E-state index in [1.165, 1.54) is 0 Å². The number of carbonyl (C=O) groups excluding carboxylic acids is 2. The van der Waals surface area contributed by atoms with Gasteiger partial charge in [0.25, 0.3) is 5.91 Å². The van der Waals surface area contributed by atoms with Gasteiger partial charge >= 0.3 is 6.09 Å². The molecule has 0 bridgehead atoms. The van der Waals surface area contributed by atoms with Crippen LogP contribution in [0.15, 0.2) is 30.5 Å². The summed E-state index contributed by atoms with van der Waals surface area (Å²) in [4.78, 5) is 28.8. The molecular weight excluding hydrogens is 382 g/mol. The molecule has 0 spiro atoms. The average Bonchev–Trinajstić information content (AvgIpc) is 3.04. The maximum atomic E-state index is 13.1. The maximum absolute atomic E-state index is 13.1. The molecule has 0 N–H and O–H groups in total. The summed E-state index contributed by atoms with van der Waals surface area (Å²) in [7, 11) is 0. The molecule has 1 aromatic carbocycles. The van der Waals surface area contributed by atoms with Gasteiger partial charge in [0.2, 0.25) is 0 Å². The highest BCUT2D eigenvalue weighted by molar-refractivity contribution is 6.07. The number of nitrogens with zero attached hydrogens (tertiary/aromatic N) is 3. The molecule has 0 saturated carbocycles. The summed E-state index contributed by atoms with van der Waals surface area (Å²) < 4.78 is 13.0. The molecule has 1 aromatic heterocycles. The summed E-state index contributed by atoms with van der Waals surface area (Å²) in [5.41, 5.74) is 1.38. The molecule has 4 rings (SSSR count). The first-order valence-corrected chi connectivity index (χ1v) is 10.7. The van der Waals surface area contributed by atoms with Crippen LogP contribution in [-0.4, -0.2) is 71.4 Å². The monoisotopic (exact) mass is 413 g/mol. The molecule has 30 heavy (non-hydrogen) atoms. The molecule has 7 nitrogen and oxygen atoms in total. The number of ether oxygens (including phenoxy) is 2. The number of hydrogen-bond donors (Lipinski definition) is 0. The van der Waals surface area contributed by atoms with Crippen LogP contribution in [0.2, 0.25) is 0 Å². The number of benzene rings is 1. The van der Waals surface area contributed by atoms with Crippen molar-refractivity contribution in [1.29, 1.82) is 0 Å². The second kappa shape index (κ2) is 8.30. The number of aromatic nitrogens is 1. The van der Waals surface area contributed by atoms with E-state index in [1.807, 2.05) is 50.1 Å². The highest BCUT2D eigenvalue weighted by Crippen LogP contribution is 2.26. The smallest absolute Gasteiger partial charge is 0.410 e. The molecule has 2 amide bonds. The lowest BCUT2D eigenvalue weighted by Gasteiger charge is -2.40. The minimum Gasteiger partial charge on any atom is -0.444 e. The van der Waals surface area contributed by atoms with Gasteiger partial charge in [-0.3, -0.25) is 4.79 Å². The van der Waals surface area contributed by atoms with E-state index in [1.54, 1.807) is 4.90 Å². The van der Waals surface area contributed by atoms with Crippen molar-refractivity contribution in [2.75, 3.05) is 39.4 Å². The first kappa shape index (κ1) is 20.7. The third-order valence-corrected chi connectivity index (χ3v) is 5.70. The number of rotatable bonds is 4. The molecule has 2 aliphatic heterocycles. The lowest BCUT2D eigenvalue weighted by molar-refractivity contribution is -0.00262. The highest BCUT2D eigenvalue weighted by Gasteiger charge is 2.33. The molecule has 7 heteroatoms. The van der Waals surface area contributed by atoms with Gasteiger partial charge in [-0.05, 0) is 39.2 Å². The lowest BCUT2D eigenvalue weighted by Crippen LogP contribution is -2.51. The van der Waals surface area contributed by atoms with Crippen LogP contribution in [0.4, 0.5) is 4.79 Å².